The summed E-state index contributed by atoms with van der Waals surface area (Å²) in [6, 6.07) is 6.08. The molecule has 1 aromatic heterocycles. The summed E-state index contributed by atoms with van der Waals surface area (Å²) in [6.07, 6.45) is 0. The Labute approximate surface area is 64.1 Å². The lowest BCUT2D eigenvalue weighted by atomic mass is 10.4. The second-order valence-corrected chi connectivity index (χ2v) is 2.87. The summed E-state index contributed by atoms with van der Waals surface area (Å²) in [5.41, 5.74) is 0. The van der Waals surface area contributed by atoms with E-state index < -0.39 is 0 Å². The number of hydrogen-bond acceptors (Lipinski definition) is 3. The zero-order valence-corrected chi connectivity index (χ0v) is 6.32. The molecule has 0 unspecified atom stereocenters. The highest BCUT2D eigenvalue weighted by Gasteiger charge is 1.89. The van der Waals surface area contributed by atoms with E-state index in [-0.39, 0.29) is 0 Å². The topological polar surface area (TPSA) is 35.8 Å². The summed E-state index contributed by atoms with van der Waals surface area (Å²) in [4.78, 5) is 1.27. The van der Waals surface area contributed by atoms with Gasteiger partial charge in [-0.3, -0.25) is 5.32 Å². The van der Waals surface area contributed by atoms with Crippen LogP contribution in [0.4, 0.5) is 0 Å². The van der Waals surface area contributed by atoms with Gasteiger partial charge >= 0.3 is 0 Å². The van der Waals surface area contributed by atoms with Gasteiger partial charge in [-0.15, -0.1) is 11.3 Å². The molecule has 0 aliphatic rings. The van der Waals surface area contributed by atoms with Gasteiger partial charge in [0.1, 0.15) is 0 Å². The van der Waals surface area contributed by atoms with Crippen LogP contribution >= 0.6 is 11.3 Å². The summed E-state index contributed by atoms with van der Waals surface area (Å²) in [5, 5.41) is 13.2. The van der Waals surface area contributed by atoms with E-state index >= 15 is 0 Å². The van der Waals surface area contributed by atoms with Gasteiger partial charge in [0.2, 0.25) is 0 Å². The molecule has 0 aliphatic heterocycles. The minimum absolute atomic E-state index is 0.428. The van der Waals surface area contributed by atoms with Crippen molar-refractivity contribution in [2.45, 2.75) is 6.54 Å². The molecule has 3 heteroatoms. The van der Waals surface area contributed by atoms with Crippen LogP contribution < -0.4 is 5.32 Å². The van der Waals surface area contributed by atoms with Gasteiger partial charge in [-0.2, -0.15) is 5.26 Å². The zero-order chi connectivity index (χ0) is 7.23. The third-order valence-electron chi connectivity index (χ3n) is 1.08. The fourth-order valence-corrected chi connectivity index (χ4v) is 1.33. The summed E-state index contributed by atoms with van der Waals surface area (Å²) >= 11 is 1.70. The molecule has 1 N–H and O–H groups in total. The van der Waals surface area contributed by atoms with Crippen LogP contribution in [0, 0.1) is 11.3 Å². The average Bonchev–Trinajstić information content (AvgIpc) is 2.41. The first-order chi connectivity index (χ1) is 4.93. The van der Waals surface area contributed by atoms with E-state index in [1.807, 2.05) is 17.5 Å². The van der Waals surface area contributed by atoms with Crippen molar-refractivity contribution < 1.29 is 0 Å². The van der Waals surface area contributed by atoms with Crippen molar-refractivity contribution in [1.29, 1.82) is 5.26 Å². The first-order valence-corrected chi connectivity index (χ1v) is 3.91. The van der Waals surface area contributed by atoms with Gasteiger partial charge in [-0.1, -0.05) is 6.07 Å². The fraction of sp³-hybridized carbons (Fsp3) is 0.286. The van der Waals surface area contributed by atoms with Gasteiger partial charge < -0.3 is 0 Å². The van der Waals surface area contributed by atoms with Crippen LogP contribution in [-0.4, -0.2) is 6.54 Å². The minimum Gasteiger partial charge on any atom is -0.300 e. The molecule has 0 spiro atoms. The molecule has 2 nitrogen and oxygen atoms in total. The van der Waals surface area contributed by atoms with E-state index in [9.17, 15) is 0 Å². The lowest BCUT2D eigenvalue weighted by molar-refractivity contribution is 0.776. The maximum Gasteiger partial charge on any atom is 0.0843 e. The predicted molar refractivity (Wildman–Crippen MR) is 41.6 cm³/mol. The lowest BCUT2D eigenvalue weighted by Gasteiger charge is -1.93. The Balaban J connectivity index is 2.23. The molecule has 1 aromatic rings. The normalized spacial score (nSPS) is 9.10. The maximum absolute atomic E-state index is 8.19. The molecule has 0 aliphatic carbocycles. The second kappa shape index (κ2) is 4.04. The molecule has 1 heterocycles. The first-order valence-electron chi connectivity index (χ1n) is 3.03. The molecule has 0 bridgehead atoms. The van der Waals surface area contributed by atoms with Crippen molar-refractivity contribution in [3.63, 3.8) is 0 Å². The first kappa shape index (κ1) is 7.26. The molecule has 1 rings (SSSR count). The van der Waals surface area contributed by atoms with Gasteiger partial charge in [-0.25, -0.2) is 0 Å². The number of nitriles is 1. The Morgan fingerprint density at radius 1 is 1.70 bits per heavy atom. The molecule has 52 valence electrons. The Bertz CT molecular complexity index is 210. The molecule has 0 saturated heterocycles. The average molecular weight is 152 g/mol. The standard InChI is InChI=1S/C7H8N2S/c8-3-4-9-6-7-2-1-5-10-7/h1-2,5,9H,4,6H2. The van der Waals surface area contributed by atoms with E-state index in [0.717, 1.165) is 6.54 Å². The molecule has 0 radical (unpaired) electrons. The third kappa shape index (κ3) is 2.18. The minimum atomic E-state index is 0.428. The van der Waals surface area contributed by atoms with Gasteiger partial charge in [0, 0.05) is 11.4 Å². The number of nitrogens with zero attached hydrogens (tertiary/aromatic N) is 1. The van der Waals surface area contributed by atoms with Gasteiger partial charge in [-0.05, 0) is 11.4 Å². The van der Waals surface area contributed by atoms with Gasteiger partial charge in [0.25, 0.3) is 0 Å². The van der Waals surface area contributed by atoms with Crippen molar-refractivity contribution in [2.75, 3.05) is 6.54 Å². The maximum atomic E-state index is 8.19. The zero-order valence-electron chi connectivity index (χ0n) is 5.50. The van der Waals surface area contributed by atoms with Crippen LogP contribution in [0.5, 0.6) is 0 Å². The number of rotatable bonds is 3. The highest BCUT2D eigenvalue weighted by atomic mass is 32.1. The lowest BCUT2D eigenvalue weighted by Crippen LogP contribution is -2.11. The number of hydrogen-bond donors (Lipinski definition) is 1. The molecule has 10 heavy (non-hydrogen) atoms. The largest absolute Gasteiger partial charge is 0.300 e. The molecule has 0 aromatic carbocycles. The highest BCUT2D eigenvalue weighted by Crippen LogP contribution is 2.06. The highest BCUT2D eigenvalue weighted by molar-refractivity contribution is 7.09. The molecule has 0 atom stereocenters. The van der Waals surface area contributed by atoms with Crippen molar-refractivity contribution in [2.24, 2.45) is 0 Å². The molecule has 0 amide bonds. The second-order valence-electron chi connectivity index (χ2n) is 1.84. The summed E-state index contributed by atoms with van der Waals surface area (Å²) < 4.78 is 0. The smallest absolute Gasteiger partial charge is 0.0843 e. The molecular weight excluding hydrogens is 144 g/mol. The van der Waals surface area contributed by atoms with Crippen LogP contribution in [0.3, 0.4) is 0 Å². The monoisotopic (exact) mass is 152 g/mol. The van der Waals surface area contributed by atoms with Crippen LogP contribution in [0.25, 0.3) is 0 Å². The molecular formula is C7H8N2S. The molecule has 0 fully saturated rings. The van der Waals surface area contributed by atoms with E-state index in [1.165, 1.54) is 4.88 Å². The van der Waals surface area contributed by atoms with E-state index in [0.29, 0.717) is 6.54 Å². The van der Waals surface area contributed by atoms with Crippen LogP contribution in [0.2, 0.25) is 0 Å². The summed E-state index contributed by atoms with van der Waals surface area (Å²) in [5.74, 6) is 0. The van der Waals surface area contributed by atoms with Crippen molar-refractivity contribution >= 4 is 11.3 Å². The van der Waals surface area contributed by atoms with E-state index in [2.05, 4.69) is 11.4 Å². The predicted octanol–water partition coefficient (Wildman–Crippen LogP) is 1.36. The fourth-order valence-electron chi connectivity index (χ4n) is 0.655. The molecule has 0 saturated carbocycles. The van der Waals surface area contributed by atoms with Crippen LogP contribution in [0.15, 0.2) is 17.5 Å². The Hall–Kier alpha value is -0.850. The van der Waals surface area contributed by atoms with Gasteiger partial charge in [0.15, 0.2) is 0 Å². The van der Waals surface area contributed by atoms with E-state index in [1.54, 1.807) is 11.3 Å². The van der Waals surface area contributed by atoms with Gasteiger partial charge in [0.05, 0.1) is 12.6 Å². The quantitative estimate of drug-likeness (QED) is 0.524. The Kier molecular flexibility index (Phi) is 2.94. The number of thiophene rings is 1. The Morgan fingerprint density at radius 2 is 2.60 bits per heavy atom. The summed E-state index contributed by atoms with van der Waals surface area (Å²) in [6.45, 7) is 1.24. The van der Waals surface area contributed by atoms with Crippen LogP contribution in [-0.2, 0) is 6.54 Å². The van der Waals surface area contributed by atoms with E-state index in [4.69, 9.17) is 5.26 Å². The Morgan fingerprint density at radius 3 is 3.20 bits per heavy atom. The van der Waals surface area contributed by atoms with Crippen molar-refractivity contribution in [3.8, 4) is 6.07 Å². The third-order valence-corrected chi connectivity index (χ3v) is 1.96. The van der Waals surface area contributed by atoms with Crippen LogP contribution in [0.1, 0.15) is 4.88 Å². The summed E-state index contributed by atoms with van der Waals surface area (Å²) in [7, 11) is 0. The van der Waals surface area contributed by atoms with Crippen molar-refractivity contribution in [3.05, 3.63) is 22.4 Å². The number of nitrogens with one attached hydrogen (secondary N) is 1. The SMILES string of the molecule is N#CCNCc1cccs1. The van der Waals surface area contributed by atoms with Crippen molar-refractivity contribution in [1.82, 2.24) is 5.32 Å².